The first-order valence-corrected chi connectivity index (χ1v) is 9.56. The van der Waals surface area contributed by atoms with Crippen LogP contribution in [0.1, 0.15) is 15.9 Å². The fraction of sp³-hybridized carbons (Fsp3) is 0.0870. The summed E-state index contributed by atoms with van der Waals surface area (Å²) in [5, 5.41) is 0.407. The summed E-state index contributed by atoms with van der Waals surface area (Å²) in [6.07, 6.45) is 0.605. The maximum absolute atomic E-state index is 13.3. The number of halogens is 1. The average Bonchev–Trinajstić information content (AvgIpc) is 2.75. The zero-order valence-corrected chi connectivity index (χ0v) is 16.2. The van der Waals surface area contributed by atoms with E-state index in [1.54, 1.807) is 24.3 Å². The van der Waals surface area contributed by atoms with Crippen LogP contribution in [0.2, 0.25) is 0 Å². The molecule has 0 saturated heterocycles. The molecule has 1 heterocycles. The van der Waals surface area contributed by atoms with Crippen molar-refractivity contribution in [1.29, 1.82) is 0 Å². The van der Waals surface area contributed by atoms with E-state index in [4.69, 9.17) is 12.2 Å². The van der Waals surface area contributed by atoms with Crippen LogP contribution in [0.15, 0.2) is 83.7 Å². The Kier molecular flexibility index (Phi) is 5.18. The Bertz CT molecular complexity index is 1310. The van der Waals surface area contributed by atoms with E-state index in [9.17, 15) is 14.0 Å². The van der Waals surface area contributed by atoms with Gasteiger partial charge in [-0.25, -0.2) is 4.39 Å². The molecule has 0 radical (unpaired) electrons. The Balaban J connectivity index is 1.87. The van der Waals surface area contributed by atoms with Gasteiger partial charge in [-0.3, -0.25) is 18.7 Å². The fourth-order valence-corrected chi connectivity index (χ4v) is 3.66. The van der Waals surface area contributed by atoms with Crippen molar-refractivity contribution in [2.24, 2.45) is 0 Å². The first-order chi connectivity index (χ1) is 14.1. The lowest BCUT2D eigenvalue weighted by atomic mass is 10.1. The molecule has 4 nitrogen and oxygen atoms in total. The summed E-state index contributed by atoms with van der Waals surface area (Å²) in [7, 11) is 0. The molecule has 29 heavy (non-hydrogen) atoms. The lowest BCUT2D eigenvalue weighted by Gasteiger charge is -2.15. The second-order valence-corrected chi connectivity index (χ2v) is 7.00. The number of hydrogen-bond donors (Lipinski definition) is 0. The predicted molar refractivity (Wildman–Crippen MR) is 113 cm³/mol. The quantitative estimate of drug-likeness (QED) is 0.467. The van der Waals surface area contributed by atoms with Gasteiger partial charge in [0.25, 0.3) is 11.5 Å². The van der Waals surface area contributed by atoms with Crippen LogP contribution in [-0.4, -0.2) is 15.0 Å². The van der Waals surface area contributed by atoms with Gasteiger partial charge in [0.2, 0.25) is 0 Å². The zero-order valence-electron chi connectivity index (χ0n) is 15.4. The van der Waals surface area contributed by atoms with E-state index in [0.29, 0.717) is 29.4 Å². The van der Waals surface area contributed by atoms with Gasteiger partial charge in [-0.1, -0.05) is 42.5 Å². The van der Waals surface area contributed by atoms with Crippen LogP contribution >= 0.6 is 12.2 Å². The van der Waals surface area contributed by atoms with Gasteiger partial charge in [0.15, 0.2) is 4.77 Å². The summed E-state index contributed by atoms with van der Waals surface area (Å²) in [6, 6.07) is 21.9. The minimum atomic E-state index is -0.428. The number of carbonyl (C=O) groups excluding carboxylic acids is 1. The summed E-state index contributed by atoms with van der Waals surface area (Å²) < 4.78 is 16.2. The van der Waals surface area contributed by atoms with Crippen LogP contribution in [0, 0.1) is 10.6 Å². The van der Waals surface area contributed by atoms with Gasteiger partial charge in [0, 0.05) is 12.1 Å². The van der Waals surface area contributed by atoms with Crippen LogP contribution in [-0.2, 0) is 13.0 Å². The summed E-state index contributed by atoms with van der Waals surface area (Å²) >= 11 is 5.56. The fourth-order valence-electron chi connectivity index (χ4n) is 3.31. The molecule has 0 spiro atoms. The lowest BCUT2D eigenvalue weighted by molar-refractivity contribution is 0.0960. The highest BCUT2D eigenvalue weighted by Crippen LogP contribution is 2.15. The molecule has 3 aromatic carbocycles. The van der Waals surface area contributed by atoms with Crippen LogP contribution in [0.4, 0.5) is 4.39 Å². The predicted octanol–water partition coefficient (Wildman–Crippen LogP) is 4.60. The van der Waals surface area contributed by atoms with E-state index in [1.165, 1.54) is 33.4 Å². The van der Waals surface area contributed by atoms with Gasteiger partial charge < -0.3 is 0 Å². The first kappa shape index (κ1) is 19.0. The number of benzene rings is 3. The molecule has 4 aromatic rings. The van der Waals surface area contributed by atoms with Crippen molar-refractivity contribution >= 4 is 29.0 Å². The second-order valence-electron chi connectivity index (χ2n) is 6.64. The number of rotatable bonds is 4. The monoisotopic (exact) mass is 404 g/mol. The standard InChI is InChI=1S/C23H17FN2O2S/c24-18-12-10-17(11-13-18)21(27)26-20-9-5-4-8-19(20)22(28)25(23(26)29)15-14-16-6-2-1-3-7-16/h1-13H,14-15H2. The number of aromatic nitrogens is 2. The van der Waals surface area contributed by atoms with Crippen molar-refractivity contribution in [3.63, 3.8) is 0 Å². The molecule has 6 heteroatoms. The Morgan fingerprint density at radius 3 is 2.28 bits per heavy atom. The van der Waals surface area contributed by atoms with Crippen LogP contribution < -0.4 is 5.56 Å². The molecule has 0 atom stereocenters. The largest absolute Gasteiger partial charge is 0.284 e. The van der Waals surface area contributed by atoms with E-state index in [-0.39, 0.29) is 10.3 Å². The number of aryl methyl sites for hydroxylation is 1. The lowest BCUT2D eigenvalue weighted by Crippen LogP contribution is -2.29. The molecule has 0 amide bonds. The highest BCUT2D eigenvalue weighted by atomic mass is 32.1. The molecule has 0 aliphatic heterocycles. The highest BCUT2D eigenvalue weighted by Gasteiger charge is 2.17. The van der Waals surface area contributed by atoms with E-state index >= 15 is 0 Å². The maximum atomic E-state index is 13.3. The van der Waals surface area contributed by atoms with Crippen LogP contribution in [0.25, 0.3) is 10.9 Å². The van der Waals surface area contributed by atoms with Crippen molar-refractivity contribution in [3.05, 3.63) is 111 Å². The molecular formula is C23H17FN2O2S. The van der Waals surface area contributed by atoms with E-state index in [1.807, 2.05) is 30.3 Å². The molecule has 1 aromatic heterocycles. The third-order valence-electron chi connectivity index (χ3n) is 4.80. The first-order valence-electron chi connectivity index (χ1n) is 9.15. The summed E-state index contributed by atoms with van der Waals surface area (Å²) in [5.41, 5.74) is 1.57. The van der Waals surface area contributed by atoms with Gasteiger partial charge in [0.05, 0.1) is 10.9 Å². The Morgan fingerprint density at radius 2 is 1.55 bits per heavy atom. The molecule has 0 unspecified atom stereocenters. The summed E-state index contributed by atoms with van der Waals surface area (Å²) in [5.74, 6) is -0.831. The Labute approximate surface area is 171 Å². The molecule has 144 valence electrons. The van der Waals surface area contributed by atoms with Crippen molar-refractivity contribution in [3.8, 4) is 0 Å². The Hall–Kier alpha value is -3.38. The van der Waals surface area contributed by atoms with E-state index in [0.717, 1.165) is 5.56 Å². The van der Waals surface area contributed by atoms with Gasteiger partial charge in [-0.05, 0) is 60.6 Å². The third kappa shape index (κ3) is 3.67. The van der Waals surface area contributed by atoms with Gasteiger partial charge in [0.1, 0.15) is 5.82 Å². The highest BCUT2D eigenvalue weighted by molar-refractivity contribution is 7.71. The minimum Gasteiger partial charge on any atom is -0.284 e. The number of carbonyl (C=O) groups is 1. The minimum absolute atomic E-state index is 0.124. The number of nitrogens with zero attached hydrogens (tertiary/aromatic N) is 2. The second kappa shape index (κ2) is 7.93. The van der Waals surface area contributed by atoms with Gasteiger partial charge >= 0.3 is 0 Å². The smallest absolute Gasteiger partial charge is 0.264 e. The maximum Gasteiger partial charge on any atom is 0.264 e. The summed E-state index contributed by atoms with van der Waals surface area (Å²) in [6.45, 7) is 0.350. The number of fused-ring (bicyclic) bond motifs is 1. The molecule has 4 rings (SSSR count). The average molecular weight is 404 g/mol. The van der Waals surface area contributed by atoms with Crippen molar-refractivity contribution < 1.29 is 9.18 Å². The van der Waals surface area contributed by atoms with E-state index in [2.05, 4.69) is 0 Å². The molecule has 0 aliphatic rings. The Morgan fingerprint density at radius 1 is 0.897 bits per heavy atom. The molecule has 0 bridgehead atoms. The van der Waals surface area contributed by atoms with Crippen molar-refractivity contribution in [1.82, 2.24) is 9.13 Å². The molecular weight excluding hydrogens is 387 g/mol. The van der Waals surface area contributed by atoms with Gasteiger partial charge in [-0.2, -0.15) is 0 Å². The molecule has 0 N–H and O–H groups in total. The normalized spacial score (nSPS) is 10.9. The van der Waals surface area contributed by atoms with Crippen molar-refractivity contribution in [2.75, 3.05) is 0 Å². The SMILES string of the molecule is O=C(c1ccc(F)cc1)n1c(=S)n(CCc2ccccc2)c(=O)c2ccccc21. The summed E-state index contributed by atoms with van der Waals surface area (Å²) in [4.78, 5) is 26.2. The van der Waals surface area contributed by atoms with Crippen LogP contribution in [0.3, 0.4) is 0 Å². The topological polar surface area (TPSA) is 44.0 Å². The van der Waals surface area contributed by atoms with E-state index < -0.39 is 11.7 Å². The molecule has 0 fully saturated rings. The van der Waals surface area contributed by atoms with Crippen LogP contribution in [0.5, 0.6) is 0 Å². The van der Waals surface area contributed by atoms with Crippen molar-refractivity contribution in [2.45, 2.75) is 13.0 Å². The number of para-hydroxylation sites is 1. The number of hydrogen-bond acceptors (Lipinski definition) is 3. The molecule has 0 aliphatic carbocycles. The zero-order chi connectivity index (χ0) is 20.4. The molecule has 0 saturated carbocycles. The van der Waals surface area contributed by atoms with Gasteiger partial charge in [-0.15, -0.1) is 0 Å². The third-order valence-corrected chi connectivity index (χ3v) is 5.21.